The number of hydrogen-bond acceptors (Lipinski definition) is 6. The molecule has 0 aliphatic carbocycles. The minimum Gasteiger partial charge on any atom is -0.423 e. The molecule has 1 aromatic heterocycles. The highest BCUT2D eigenvalue weighted by Gasteiger charge is 2.25. The molecule has 2 aromatic rings. The molecule has 1 N–H and O–H groups in total. The summed E-state index contributed by atoms with van der Waals surface area (Å²) in [6, 6.07) is 5.57. The van der Waals surface area contributed by atoms with E-state index in [1.54, 1.807) is 22.5 Å². The van der Waals surface area contributed by atoms with E-state index in [0.717, 1.165) is 11.3 Å². The second-order valence-corrected chi connectivity index (χ2v) is 5.58. The number of anilines is 2. The zero-order valence-corrected chi connectivity index (χ0v) is 12.1. The normalized spacial score (nSPS) is 13.6. The van der Waals surface area contributed by atoms with Crippen molar-refractivity contribution in [2.24, 2.45) is 0 Å². The molecule has 6 nitrogen and oxygen atoms in total. The monoisotopic (exact) mass is 303 g/mol. The Bertz CT molecular complexity index is 685. The summed E-state index contributed by atoms with van der Waals surface area (Å²) >= 11 is 1.35. The van der Waals surface area contributed by atoms with Crippen LogP contribution in [0.1, 0.15) is 5.56 Å². The molecule has 0 saturated carbocycles. The maximum absolute atomic E-state index is 12.0. The van der Waals surface area contributed by atoms with Gasteiger partial charge in [-0.05, 0) is 24.6 Å². The quantitative estimate of drug-likeness (QED) is 0.691. The first-order valence-corrected chi connectivity index (χ1v) is 7.25. The molecule has 1 aliphatic rings. The van der Waals surface area contributed by atoms with E-state index in [4.69, 9.17) is 4.74 Å². The van der Waals surface area contributed by atoms with Crippen LogP contribution in [0.5, 0.6) is 5.75 Å². The molecule has 1 amide bonds. The van der Waals surface area contributed by atoms with Crippen LogP contribution in [-0.2, 0) is 9.59 Å². The van der Waals surface area contributed by atoms with Gasteiger partial charge in [0.05, 0.1) is 12.2 Å². The van der Waals surface area contributed by atoms with Gasteiger partial charge in [-0.15, -0.1) is 11.3 Å². The Morgan fingerprint density at radius 1 is 1.52 bits per heavy atom. The van der Waals surface area contributed by atoms with Gasteiger partial charge in [-0.3, -0.25) is 4.79 Å². The summed E-state index contributed by atoms with van der Waals surface area (Å²) in [4.78, 5) is 29.4. The van der Waals surface area contributed by atoms with Gasteiger partial charge >= 0.3 is 5.97 Å². The maximum atomic E-state index is 12.0. The van der Waals surface area contributed by atoms with Gasteiger partial charge in [0.2, 0.25) is 5.91 Å². The van der Waals surface area contributed by atoms with Gasteiger partial charge in [-0.25, -0.2) is 9.78 Å². The largest absolute Gasteiger partial charge is 0.423 e. The molecule has 0 radical (unpaired) electrons. The number of aromatic nitrogens is 1. The van der Waals surface area contributed by atoms with Crippen molar-refractivity contribution in [2.45, 2.75) is 6.92 Å². The van der Waals surface area contributed by atoms with Crippen LogP contribution in [0.3, 0.4) is 0 Å². The second kappa shape index (κ2) is 5.53. The van der Waals surface area contributed by atoms with Crippen LogP contribution in [-0.4, -0.2) is 29.9 Å². The van der Waals surface area contributed by atoms with Gasteiger partial charge in [0.1, 0.15) is 6.54 Å². The fraction of sp³-hybridized carbons (Fsp3) is 0.214. The Morgan fingerprint density at radius 2 is 2.38 bits per heavy atom. The molecule has 7 heteroatoms. The zero-order valence-electron chi connectivity index (χ0n) is 11.3. The van der Waals surface area contributed by atoms with Crippen molar-refractivity contribution >= 4 is 34.0 Å². The fourth-order valence-electron chi connectivity index (χ4n) is 2.12. The highest BCUT2D eigenvalue weighted by Crippen LogP contribution is 2.32. The number of esters is 1. The predicted octanol–water partition coefficient (Wildman–Crippen LogP) is 1.82. The van der Waals surface area contributed by atoms with E-state index in [1.165, 1.54) is 11.3 Å². The molecule has 0 spiro atoms. The Kier molecular flexibility index (Phi) is 3.57. The lowest BCUT2D eigenvalue weighted by atomic mass is 10.1. The Hall–Kier alpha value is -2.41. The summed E-state index contributed by atoms with van der Waals surface area (Å²) in [7, 11) is 0. The molecule has 108 valence electrons. The first kappa shape index (κ1) is 13.6. The van der Waals surface area contributed by atoms with E-state index in [9.17, 15) is 9.59 Å². The van der Waals surface area contributed by atoms with Gasteiger partial charge in [0, 0.05) is 11.6 Å². The van der Waals surface area contributed by atoms with E-state index in [1.807, 2.05) is 19.1 Å². The summed E-state index contributed by atoms with van der Waals surface area (Å²) in [5.74, 6) is -0.0883. The fourth-order valence-corrected chi connectivity index (χ4v) is 2.66. The molecule has 0 unspecified atom stereocenters. The molecule has 1 aromatic carbocycles. The molecule has 21 heavy (non-hydrogen) atoms. The number of thiazole rings is 1. The molecular formula is C14H13N3O3S. The molecule has 0 atom stereocenters. The highest BCUT2D eigenvalue weighted by atomic mass is 32.1. The predicted molar refractivity (Wildman–Crippen MR) is 79.8 cm³/mol. The number of carbonyl (C=O) groups excluding carboxylic acids is 2. The molecule has 0 saturated heterocycles. The van der Waals surface area contributed by atoms with Crippen LogP contribution in [0, 0.1) is 6.92 Å². The lowest BCUT2D eigenvalue weighted by Gasteiger charge is -2.29. The number of aryl methyl sites for hydroxylation is 1. The van der Waals surface area contributed by atoms with E-state index in [2.05, 4.69) is 10.3 Å². The summed E-state index contributed by atoms with van der Waals surface area (Å²) in [5, 5.41) is 5.03. The van der Waals surface area contributed by atoms with Gasteiger partial charge in [0.15, 0.2) is 10.9 Å². The standard InChI is InChI=1S/C14H13N3O3S/c1-9-2-3-10-11(6-9)20-13(19)8-17(10)7-12(18)16-14-15-4-5-21-14/h2-6H,7-8H2,1H3,(H,15,16,18). The van der Waals surface area contributed by atoms with Gasteiger partial charge in [0.25, 0.3) is 0 Å². The maximum Gasteiger partial charge on any atom is 0.331 e. The number of nitrogens with one attached hydrogen (secondary N) is 1. The molecule has 0 bridgehead atoms. The van der Waals surface area contributed by atoms with E-state index >= 15 is 0 Å². The Morgan fingerprint density at radius 3 is 3.14 bits per heavy atom. The highest BCUT2D eigenvalue weighted by molar-refractivity contribution is 7.13. The summed E-state index contributed by atoms with van der Waals surface area (Å²) in [6.45, 7) is 2.05. The number of rotatable bonds is 3. The second-order valence-electron chi connectivity index (χ2n) is 4.69. The zero-order chi connectivity index (χ0) is 14.8. The lowest BCUT2D eigenvalue weighted by molar-refractivity contribution is -0.133. The lowest BCUT2D eigenvalue weighted by Crippen LogP contribution is -2.41. The van der Waals surface area contributed by atoms with E-state index in [-0.39, 0.29) is 25.0 Å². The molecule has 0 fully saturated rings. The van der Waals surface area contributed by atoms with Crippen molar-refractivity contribution in [1.29, 1.82) is 0 Å². The summed E-state index contributed by atoms with van der Waals surface area (Å²) < 4.78 is 5.21. The SMILES string of the molecule is Cc1ccc2c(c1)OC(=O)CN2CC(=O)Nc1nccs1. The minimum atomic E-state index is -0.366. The third-order valence-corrected chi connectivity index (χ3v) is 3.70. The van der Waals surface area contributed by atoms with Crippen LogP contribution in [0.25, 0.3) is 0 Å². The van der Waals surface area contributed by atoms with Crippen molar-refractivity contribution in [1.82, 2.24) is 4.98 Å². The first-order chi connectivity index (χ1) is 10.1. The number of ether oxygens (including phenoxy) is 1. The number of hydrogen-bond donors (Lipinski definition) is 1. The molecule has 3 rings (SSSR count). The average molecular weight is 303 g/mol. The van der Waals surface area contributed by atoms with Crippen molar-refractivity contribution in [3.63, 3.8) is 0 Å². The van der Waals surface area contributed by atoms with Gasteiger partial charge < -0.3 is 15.0 Å². The van der Waals surface area contributed by atoms with Crippen LogP contribution in [0.2, 0.25) is 0 Å². The van der Waals surface area contributed by atoms with Crippen LogP contribution in [0.4, 0.5) is 10.8 Å². The molecule has 1 aliphatic heterocycles. The van der Waals surface area contributed by atoms with Crippen molar-refractivity contribution in [2.75, 3.05) is 23.3 Å². The first-order valence-electron chi connectivity index (χ1n) is 6.37. The molecule has 2 heterocycles. The Labute approximate surface area is 125 Å². The van der Waals surface area contributed by atoms with Crippen molar-refractivity contribution in [3.05, 3.63) is 35.3 Å². The number of fused-ring (bicyclic) bond motifs is 1. The number of carbonyl (C=O) groups is 2. The third kappa shape index (κ3) is 3.03. The van der Waals surface area contributed by atoms with E-state index in [0.29, 0.717) is 10.9 Å². The third-order valence-electron chi connectivity index (χ3n) is 3.01. The smallest absolute Gasteiger partial charge is 0.331 e. The number of benzene rings is 1. The average Bonchev–Trinajstić information content (AvgIpc) is 2.90. The molecular weight excluding hydrogens is 290 g/mol. The Balaban J connectivity index is 1.76. The van der Waals surface area contributed by atoms with Gasteiger partial charge in [-0.2, -0.15) is 0 Å². The van der Waals surface area contributed by atoms with E-state index < -0.39 is 0 Å². The summed E-state index contributed by atoms with van der Waals surface area (Å²) in [6.07, 6.45) is 1.62. The van der Waals surface area contributed by atoms with Crippen LogP contribution < -0.4 is 15.0 Å². The van der Waals surface area contributed by atoms with Crippen LogP contribution >= 0.6 is 11.3 Å². The summed E-state index contributed by atoms with van der Waals surface area (Å²) in [5.41, 5.74) is 1.74. The topological polar surface area (TPSA) is 71.5 Å². The van der Waals surface area contributed by atoms with Crippen molar-refractivity contribution in [3.8, 4) is 5.75 Å². The number of nitrogens with zero attached hydrogens (tertiary/aromatic N) is 2. The van der Waals surface area contributed by atoms with Crippen LogP contribution in [0.15, 0.2) is 29.8 Å². The van der Waals surface area contributed by atoms with Gasteiger partial charge in [-0.1, -0.05) is 6.07 Å². The number of amides is 1. The van der Waals surface area contributed by atoms with Crippen molar-refractivity contribution < 1.29 is 14.3 Å². The minimum absolute atomic E-state index is 0.0569.